The third-order valence-corrected chi connectivity index (χ3v) is 5.16. The molecule has 0 bridgehead atoms. The lowest BCUT2D eigenvalue weighted by atomic mass is 10.1. The first-order chi connectivity index (χ1) is 13.8. The van der Waals surface area contributed by atoms with Crippen LogP contribution in [0.15, 0.2) is 48.8 Å². The smallest absolute Gasteiger partial charge is 0.220 e. The number of aromatic nitrogens is 2. The molecule has 1 amide bonds. The predicted octanol–water partition coefficient (Wildman–Crippen LogP) is 3.04. The molecule has 1 aliphatic heterocycles. The maximum atomic E-state index is 12.2. The van der Waals surface area contributed by atoms with Crippen LogP contribution in [0.5, 0.6) is 0 Å². The molecule has 1 saturated heterocycles. The lowest BCUT2D eigenvalue weighted by Gasteiger charge is -2.28. The number of carbonyl (C=O) groups is 1. The van der Waals surface area contributed by atoms with Crippen molar-refractivity contribution in [1.82, 2.24) is 15.3 Å². The van der Waals surface area contributed by atoms with Gasteiger partial charge in [0.25, 0.3) is 0 Å². The average molecular weight is 378 g/mol. The van der Waals surface area contributed by atoms with E-state index in [9.17, 15) is 4.79 Å². The summed E-state index contributed by atoms with van der Waals surface area (Å²) in [5, 5.41) is 4.27. The second kappa shape index (κ2) is 8.89. The minimum atomic E-state index is 0.0876. The zero-order chi connectivity index (χ0) is 19.2. The van der Waals surface area contributed by atoms with Gasteiger partial charge >= 0.3 is 0 Å². The van der Waals surface area contributed by atoms with Crippen LogP contribution in [0.1, 0.15) is 24.0 Å². The molecule has 1 aliphatic rings. The van der Waals surface area contributed by atoms with Crippen molar-refractivity contribution in [1.29, 1.82) is 0 Å². The number of fused-ring (bicyclic) bond motifs is 1. The molecule has 3 aromatic rings. The Morgan fingerprint density at radius 2 is 2.07 bits per heavy atom. The first-order valence-electron chi connectivity index (χ1n) is 9.89. The molecule has 0 atom stereocenters. The number of ether oxygens (including phenoxy) is 1. The molecule has 1 fully saturated rings. The Hall–Kier alpha value is -2.86. The Labute approximate surface area is 164 Å². The molecule has 0 unspecified atom stereocenters. The van der Waals surface area contributed by atoms with Gasteiger partial charge in [0.15, 0.2) is 0 Å². The summed E-state index contributed by atoms with van der Waals surface area (Å²) in [7, 11) is 0. The minimum absolute atomic E-state index is 0.0876. The van der Waals surface area contributed by atoms with E-state index in [1.54, 1.807) is 0 Å². The molecule has 6 heteroatoms. The Kier molecular flexibility index (Phi) is 5.87. The van der Waals surface area contributed by atoms with Gasteiger partial charge in [-0.15, -0.1) is 0 Å². The summed E-state index contributed by atoms with van der Waals surface area (Å²) in [6.07, 6.45) is 6.12. The molecule has 2 N–H and O–H groups in total. The molecule has 3 heterocycles. The topological polar surface area (TPSA) is 70.2 Å². The summed E-state index contributed by atoms with van der Waals surface area (Å²) in [5.41, 5.74) is 3.49. The standard InChI is InChI=1S/C22H26N4O2/c27-22(7-3-4-18-16-24-20-6-2-1-5-19(18)20)25-15-17-8-9-23-21(14-17)26-10-12-28-13-11-26/h1-2,5-6,8-9,14,16,24H,3-4,7,10-13,15H2,(H,25,27). The quantitative estimate of drug-likeness (QED) is 0.663. The number of hydrogen-bond donors (Lipinski definition) is 2. The maximum Gasteiger partial charge on any atom is 0.220 e. The zero-order valence-corrected chi connectivity index (χ0v) is 16.0. The van der Waals surface area contributed by atoms with Crippen molar-refractivity contribution in [3.63, 3.8) is 0 Å². The number of carbonyl (C=O) groups excluding carboxylic acids is 1. The van der Waals surface area contributed by atoms with Crippen molar-refractivity contribution in [3.05, 3.63) is 59.9 Å². The number of amides is 1. The van der Waals surface area contributed by atoms with E-state index in [-0.39, 0.29) is 5.91 Å². The highest BCUT2D eigenvalue weighted by molar-refractivity contribution is 5.83. The highest BCUT2D eigenvalue weighted by Gasteiger charge is 2.13. The summed E-state index contributed by atoms with van der Waals surface area (Å²) in [6.45, 7) is 3.72. The van der Waals surface area contributed by atoms with Crippen LogP contribution in [0.2, 0.25) is 0 Å². The molecule has 146 valence electrons. The fraction of sp³-hybridized carbons (Fsp3) is 0.364. The van der Waals surface area contributed by atoms with Crippen molar-refractivity contribution in [3.8, 4) is 0 Å². The van der Waals surface area contributed by atoms with Crippen LogP contribution in [0.3, 0.4) is 0 Å². The normalized spacial score (nSPS) is 14.4. The molecule has 4 rings (SSSR count). The fourth-order valence-corrected chi connectivity index (χ4v) is 3.60. The Balaban J connectivity index is 1.24. The van der Waals surface area contributed by atoms with E-state index in [2.05, 4.69) is 38.4 Å². The van der Waals surface area contributed by atoms with E-state index in [0.717, 1.165) is 56.0 Å². The molecule has 0 aliphatic carbocycles. The number of morpholine rings is 1. The first kappa shape index (κ1) is 18.5. The van der Waals surface area contributed by atoms with Gasteiger partial charge < -0.3 is 19.9 Å². The van der Waals surface area contributed by atoms with Crippen molar-refractivity contribution in [2.75, 3.05) is 31.2 Å². The molecule has 0 saturated carbocycles. The van der Waals surface area contributed by atoms with Gasteiger partial charge in [-0.2, -0.15) is 0 Å². The summed E-state index contributed by atoms with van der Waals surface area (Å²) in [4.78, 5) is 22.2. The number of nitrogens with zero attached hydrogens (tertiary/aromatic N) is 2. The summed E-state index contributed by atoms with van der Waals surface area (Å²) < 4.78 is 5.39. The molecule has 2 aromatic heterocycles. The summed E-state index contributed by atoms with van der Waals surface area (Å²) in [6, 6.07) is 12.3. The van der Waals surface area contributed by atoms with Crippen molar-refractivity contribution in [2.24, 2.45) is 0 Å². The SMILES string of the molecule is O=C(CCCc1c[nH]c2ccccc12)NCc1ccnc(N2CCOCC2)c1. The molecular weight excluding hydrogens is 352 g/mol. The lowest BCUT2D eigenvalue weighted by Crippen LogP contribution is -2.36. The maximum absolute atomic E-state index is 12.2. The van der Waals surface area contributed by atoms with Crippen molar-refractivity contribution >= 4 is 22.6 Å². The van der Waals surface area contributed by atoms with E-state index in [0.29, 0.717) is 13.0 Å². The number of aryl methyl sites for hydroxylation is 1. The average Bonchev–Trinajstić information content (AvgIpc) is 3.16. The number of H-pyrrole nitrogens is 1. The van der Waals surface area contributed by atoms with E-state index < -0.39 is 0 Å². The second-order valence-electron chi connectivity index (χ2n) is 7.11. The van der Waals surface area contributed by atoms with Gasteiger partial charge in [-0.1, -0.05) is 18.2 Å². The van der Waals surface area contributed by atoms with Gasteiger partial charge in [0.2, 0.25) is 5.91 Å². The molecule has 1 aromatic carbocycles. The van der Waals surface area contributed by atoms with Gasteiger partial charge in [0.05, 0.1) is 13.2 Å². The van der Waals surface area contributed by atoms with Crippen LogP contribution in [0, 0.1) is 0 Å². The van der Waals surface area contributed by atoms with Crippen LogP contribution >= 0.6 is 0 Å². The molecule has 0 radical (unpaired) electrons. The number of nitrogens with one attached hydrogen (secondary N) is 2. The molecule has 6 nitrogen and oxygen atoms in total. The van der Waals surface area contributed by atoms with Crippen molar-refractivity contribution < 1.29 is 9.53 Å². The number of hydrogen-bond acceptors (Lipinski definition) is 4. The van der Waals surface area contributed by atoms with E-state index in [1.807, 2.05) is 30.6 Å². The van der Waals surface area contributed by atoms with Crippen LogP contribution in [-0.2, 0) is 22.5 Å². The highest BCUT2D eigenvalue weighted by Crippen LogP contribution is 2.19. The molecule has 28 heavy (non-hydrogen) atoms. The van der Waals surface area contributed by atoms with Gasteiger partial charge in [-0.3, -0.25) is 4.79 Å². The van der Waals surface area contributed by atoms with Gasteiger partial charge in [-0.05, 0) is 42.2 Å². The summed E-state index contributed by atoms with van der Waals surface area (Å²) >= 11 is 0. The lowest BCUT2D eigenvalue weighted by molar-refractivity contribution is -0.121. The van der Waals surface area contributed by atoms with Crippen LogP contribution in [0.25, 0.3) is 10.9 Å². The Morgan fingerprint density at radius 1 is 1.21 bits per heavy atom. The predicted molar refractivity (Wildman–Crippen MR) is 110 cm³/mol. The van der Waals surface area contributed by atoms with Gasteiger partial charge in [0.1, 0.15) is 5.82 Å². The van der Waals surface area contributed by atoms with Gasteiger partial charge in [-0.25, -0.2) is 4.98 Å². The van der Waals surface area contributed by atoms with E-state index in [4.69, 9.17) is 4.74 Å². The fourth-order valence-electron chi connectivity index (χ4n) is 3.60. The zero-order valence-electron chi connectivity index (χ0n) is 16.0. The minimum Gasteiger partial charge on any atom is -0.378 e. The molecule has 0 spiro atoms. The Bertz CT molecular complexity index is 931. The number of pyridine rings is 1. The number of aromatic amines is 1. The Morgan fingerprint density at radius 3 is 2.96 bits per heavy atom. The third kappa shape index (κ3) is 4.51. The van der Waals surface area contributed by atoms with Crippen molar-refractivity contribution in [2.45, 2.75) is 25.8 Å². The number of rotatable bonds is 7. The largest absolute Gasteiger partial charge is 0.378 e. The van der Waals surface area contributed by atoms with Crippen LogP contribution in [-0.4, -0.2) is 42.2 Å². The monoisotopic (exact) mass is 378 g/mol. The van der Waals surface area contributed by atoms with Crippen LogP contribution in [0.4, 0.5) is 5.82 Å². The number of benzene rings is 1. The number of anilines is 1. The molecular formula is C22H26N4O2. The summed E-state index contributed by atoms with van der Waals surface area (Å²) in [5.74, 6) is 1.04. The van der Waals surface area contributed by atoms with Gasteiger partial charge in [0, 0.05) is 49.4 Å². The van der Waals surface area contributed by atoms with E-state index >= 15 is 0 Å². The van der Waals surface area contributed by atoms with Crippen LogP contribution < -0.4 is 10.2 Å². The second-order valence-corrected chi connectivity index (χ2v) is 7.11. The highest BCUT2D eigenvalue weighted by atomic mass is 16.5. The first-order valence-corrected chi connectivity index (χ1v) is 9.89. The number of para-hydroxylation sites is 1. The third-order valence-electron chi connectivity index (χ3n) is 5.16. The van der Waals surface area contributed by atoms with E-state index in [1.165, 1.54) is 10.9 Å².